The Hall–Kier alpha value is -0.0600. The highest BCUT2D eigenvalue weighted by Crippen LogP contribution is 2.21. The number of halogens is 2. The zero-order chi connectivity index (χ0) is 10.6. The number of thiophene rings is 1. The SMILES string of the molecule is CC(CCl)C(=O)NCc1ccc(Br)s1. The van der Waals surface area contributed by atoms with E-state index >= 15 is 0 Å². The first-order valence-electron chi connectivity index (χ1n) is 4.21. The summed E-state index contributed by atoms with van der Waals surface area (Å²) in [5.41, 5.74) is 0. The van der Waals surface area contributed by atoms with Crippen molar-refractivity contribution >= 4 is 44.8 Å². The number of alkyl halides is 1. The third-order valence-electron chi connectivity index (χ3n) is 1.74. The predicted octanol–water partition coefficient (Wildman–Crippen LogP) is 3.00. The van der Waals surface area contributed by atoms with Crippen molar-refractivity contribution in [3.8, 4) is 0 Å². The molecule has 0 aromatic carbocycles. The molecule has 5 heteroatoms. The summed E-state index contributed by atoms with van der Waals surface area (Å²) < 4.78 is 1.08. The fourth-order valence-electron chi connectivity index (χ4n) is 0.865. The van der Waals surface area contributed by atoms with Gasteiger partial charge in [-0.05, 0) is 28.1 Å². The lowest BCUT2D eigenvalue weighted by Crippen LogP contribution is -2.29. The standard InChI is InChI=1S/C9H11BrClNOS/c1-6(4-11)9(13)12-5-7-2-3-8(10)14-7/h2-3,6H,4-5H2,1H3,(H,12,13). The van der Waals surface area contributed by atoms with Crippen molar-refractivity contribution in [2.24, 2.45) is 5.92 Å². The lowest BCUT2D eigenvalue weighted by molar-refractivity contribution is -0.124. The second-order valence-corrected chi connectivity index (χ2v) is 5.84. The lowest BCUT2D eigenvalue weighted by Gasteiger charge is -2.07. The second-order valence-electron chi connectivity index (χ2n) is 2.98. The van der Waals surface area contributed by atoms with E-state index in [-0.39, 0.29) is 11.8 Å². The Bertz CT molecular complexity index is 316. The Morgan fingerprint density at radius 3 is 2.93 bits per heavy atom. The van der Waals surface area contributed by atoms with E-state index in [1.807, 2.05) is 19.1 Å². The quantitative estimate of drug-likeness (QED) is 0.850. The zero-order valence-electron chi connectivity index (χ0n) is 7.72. The number of nitrogens with one attached hydrogen (secondary N) is 1. The average Bonchev–Trinajstić information content (AvgIpc) is 2.59. The molecule has 14 heavy (non-hydrogen) atoms. The summed E-state index contributed by atoms with van der Waals surface area (Å²) in [6, 6.07) is 3.96. The highest BCUT2D eigenvalue weighted by molar-refractivity contribution is 9.11. The first-order valence-corrected chi connectivity index (χ1v) is 6.35. The van der Waals surface area contributed by atoms with Crippen LogP contribution in [0.4, 0.5) is 0 Å². The molecule has 1 aromatic rings. The van der Waals surface area contributed by atoms with Crippen molar-refractivity contribution < 1.29 is 4.79 Å². The molecule has 2 nitrogen and oxygen atoms in total. The topological polar surface area (TPSA) is 29.1 Å². The predicted molar refractivity (Wildman–Crippen MR) is 63.7 cm³/mol. The van der Waals surface area contributed by atoms with Crippen molar-refractivity contribution in [2.75, 3.05) is 5.88 Å². The molecule has 1 atom stereocenters. The Labute approximate surface area is 101 Å². The molecule has 1 rings (SSSR count). The summed E-state index contributed by atoms with van der Waals surface area (Å²) in [6.07, 6.45) is 0. The summed E-state index contributed by atoms with van der Waals surface area (Å²) >= 11 is 10.6. The third kappa shape index (κ3) is 3.59. The summed E-state index contributed by atoms with van der Waals surface area (Å²) in [5, 5.41) is 2.83. The molecule has 1 unspecified atom stereocenters. The molecule has 0 saturated heterocycles. The van der Waals surface area contributed by atoms with Gasteiger partial charge in [0, 0.05) is 16.7 Å². The van der Waals surface area contributed by atoms with Crippen LogP contribution in [0.25, 0.3) is 0 Å². The van der Waals surface area contributed by atoms with Gasteiger partial charge in [-0.15, -0.1) is 22.9 Å². The van der Waals surface area contributed by atoms with Gasteiger partial charge < -0.3 is 5.32 Å². The van der Waals surface area contributed by atoms with Crippen LogP contribution in [0.1, 0.15) is 11.8 Å². The molecule has 0 saturated carbocycles. The van der Waals surface area contributed by atoms with Crippen LogP contribution in [0.3, 0.4) is 0 Å². The Morgan fingerprint density at radius 2 is 2.43 bits per heavy atom. The van der Waals surface area contributed by atoms with Crippen LogP contribution in [0.15, 0.2) is 15.9 Å². The van der Waals surface area contributed by atoms with Gasteiger partial charge in [-0.1, -0.05) is 6.92 Å². The highest BCUT2D eigenvalue weighted by atomic mass is 79.9. The number of amides is 1. The first kappa shape index (κ1) is 12.0. The maximum absolute atomic E-state index is 11.4. The lowest BCUT2D eigenvalue weighted by atomic mass is 10.2. The van der Waals surface area contributed by atoms with Crippen LogP contribution in [0, 0.1) is 5.92 Å². The van der Waals surface area contributed by atoms with Crippen LogP contribution in [0.2, 0.25) is 0 Å². The molecule has 0 aliphatic rings. The fourth-order valence-corrected chi connectivity index (χ4v) is 2.43. The minimum absolute atomic E-state index is 0.00419. The van der Waals surface area contributed by atoms with Gasteiger partial charge >= 0.3 is 0 Å². The van der Waals surface area contributed by atoms with Crippen molar-refractivity contribution in [3.05, 3.63) is 20.8 Å². The summed E-state index contributed by atoms with van der Waals surface area (Å²) in [6.45, 7) is 2.39. The maximum Gasteiger partial charge on any atom is 0.224 e. The largest absolute Gasteiger partial charge is 0.351 e. The van der Waals surface area contributed by atoms with Crippen LogP contribution in [0.5, 0.6) is 0 Å². The summed E-state index contributed by atoms with van der Waals surface area (Å²) in [7, 11) is 0. The molecule has 0 spiro atoms. The minimum atomic E-state index is -0.125. The Morgan fingerprint density at radius 1 is 1.71 bits per heavy atom. The van der Waals surface area contributed by atoms with Crippen molar-refractivity contribution in [3.63, 3.8) is 0 Å². The number of carbonyl (C=O) groups is 1. The minimum Gasteiger partial charge on any atom is -0.351 e. The molecule has 1 amide bonds. The van der Waals surface area contributed by atoms with Crippen LogP contribution in [-0.2, 0) is 11.3 Å². The molecule has 1 aromatic heterocycles. The molecule has 0 bridgehead atoms. The van der Waals surface area contributed by atoms with Crippen LogP contribution < -0.4 is 5.32 Å². The molecular weight excluding hydrogens is 286 g/mol. The van der Waals surface area contributed by atoms with E-state index in [4.69, 9.17) is 11.6 Å². The van der Waals surface area contributed by atoms with E-state index < -0.39 is 0 Å². The Kier molecular flexibility index (Phi) is 4.92. The van der Waals surface area contributed by atoms with Gasteiger partial charge in [0.1, 0.15) is 0 Å². The van der Waals surface area contributed by atoms with Gasteiger partial charge in [-0.2, -0.15) is 0 Å². The number of hydrogen-bond donors (Lipinski definition) is 1. The number of hydrogen-bond acceptors (Lipinski definition) is 2. The van der Waals surface area contributed by atoms with Gasteiger partial charge in [0.2, 0.25) is 5.91 Å². The number of rotatable bonds is 4. The van der Waals surface area contributed by atoms with Crippen LogP contribution >= 0.6 is 38.9 Å². The zero-order valence-corrected chi connectivity index (χ0v) is 10.9. The molecule has 1 heterocycles. The molecular formula is C9H11BrClNOS. The molecule has 0 radical (unpaired) electrons. The third-order valence-corrected chi connectivity index (χ3v) is 3.83. The first-order chi connectivity index (χ1) is 6.63. The summed E-state index contributed by atoms with van der Waals surface area (Å²) in [5.74, 6) is 0.240. The van der Waals surface area contributed by atoms with E-state index in [0.717, 1.165) is 8.66 Å². The normalized spacial score (nSPS) is 12.5. The van der Waals surface area contributed by atoms with Gasteiger partial charge in [0.25, 0.3) is 0 Å². The molecule has 1 N–H and O–H groups in total. The highest BCUT2D eigenvalue weighted by Gasteiger charge is 2.10. The summed E-state index contributed by atoms with van der Waals surface area (Å²) in [4.78, 5) is 12.5. The smallest absolute Gasteiger partial charge is 0.224 e. The van der Waals surface area contributed by atoms with E-state index in [0.29, 0.717) is 12.4 Å². The average molecular weight is 297 g/mol. The molecule has 0 aliphatic heterocycles. The van der Waals surface area contributed by atoms with Crippen molar-refractivity contribution in [2.45, 2.75) is 13.5 Å². The molecule has 0 aliphatic carbocycles. The van der Waals surface area contributed by atoms with E-state index in [2.05, 4.69) is 21.2 Å². The van der Waals surface area contributed by atoms with E-state index in [1.54, 1.807) is 11.3 Å². The van der Waals surface area contributed by atoms with Gasteiger partial charge in [-0.25, -0.2) is 0 Å². The molecule has 78 valence electrons. The van der Waals surface area contributed by atoms with E-state index in [9.17, 15) is 4.79 Å². The monoisotopic (exact) mass is 295 g/mol. The Balaban J connectivity index is 2.37. The van der Waals surface area contributed by atoms with Crippen LogP contribution in [-0.4, -0.2) is 11.8 Å². The maximum atomic E-state index is 11.4. The van der Waals surface area contributed by atoms with Gasteiger partial charge in [-0.3, -0.25) is 4.79 Å². The second kappa shape index (κ2) is 5.73. The van der Waals surface area contributed by atoms with Crippen molar-refractivity contribution in [1.82, 2.24) is 5.32 Å². The van der Waals surface area contributed by atoms with Crippen molar-refractivity contribution in [1.29, 1.82) is 0 Å². The molecule has 0 fully saturated rings. The van der Waals surface area contributed by atoms with Gasteiger partial charge in [0.05, 0.1) is 10.3 Å². The number of carbonyl (C=O) groups excluding carboxylic acids is 1. The van der Waals surface area contributed by atoms with Gasteiger partial charge in [0.15, 0.2) is 0 Å². The van der Waals surface area contributed by atoms with E-state index in [1.165, 1.54) is 0 Å². The fraction of sp³-hybridized carbons (Fsp3) is 0.444.